The van der Waals surface area contributed by atoms with E-state index in [1.165, 1.54) is 10.9 Å². The molecule has 0 saturated heterocycles. The standard InChI is InChI=1S/C10H18N6O2/c1-3-12-9(17)7(2)13-10(18)8-6-16(5-4-11)15-14-8/h6-7H,3-5,11H2,1-2H3,(H,12,17)(H,13,18). The number of nitrogens with zero attached hydrogens (tertiary/aromatic N) is 3. The molecule has 18 heavy (non-hydrogen) atoms. The largest absolute Gasteiger partial charge is 0.355 e. The second kappa shape index (κ2) is 6.70. The van der Waals surface area contributed by atoms with Gasteiger partial charge >= 0.3 is 0 Å². The predicted octanol–water partition coefficient (Wildman–Crippen LogP) is -1.51. The number of hydrogen-bond acceptors (Lipinski definition) is 5. The van der Waals surface area contributed by atoms with Gasteiger partial charge in [-0.25, -0.2) is 0 Å². The number of amides is 2. The molecule has 1 heterocycles. The fourth-order valence-electron chi connectivity index (χ4n) is 1.31. The summed E-state index contributed by atoms with van der Waals surface area (Å²) < 4.78 is 1.48. The van der Waals surface area contributed by atoms with Crippen LogP contribution in [-0.2, 0) is 11.3 Å². The molecule has 0 radical (unpaired) electrons. The Bertz CT molecular complexity index is 416. The molecule has 1 atom stereocenters. The average molecular weight is 254 g/mol. The number of nitrogens with one attached hydrogen (secondary N) is 2. The van der Waals surface area contributed by atoms with E-state index in [2.05, 4.69) is 20.9 Å². The minimum atomic E-state index is -0.614. The second-order valence-corrected chi connectivity index (χ2v) is 3.75. The fourth-order valence-corrected chi connectivity index (χ4v) is 1.31. The summed E-state index contributed by atoms with van der Waals surface area (Å²) >= 11 is 0. The highest BCUT2D eigenvalue weighted by Gasteiger charge is 2.17. The maximum absolute atomic E-state index is 11.7. The van der Waals surface area contributed by atoms with Crippen molar-refractivity contribution in [2.75, 3.05) is 13.1 Å². The molecular formula is C10H18N6O2. The van der Waals surface area contributed by atoms with Crippen LogP contribution in [0.3, 0.4) is 0 Å². The van der Waals surface area contributed by atoms with Crippen LogP contribution in [0.5, 0.6) is 0 Å². The van der Waals surface area contributed by atoms with E-state index in [-0.39, 0.29) is 11.6 Å². The first-order valence-electron chi connectivity index (χ1n) is 5.77. The number of likely N-dealkylation sites (N-methyl/N-ethyl adjacent to an activating group) is 1. The molecule has 0 fully saturated rings. The van der Waals surface area contributed by atoms with Crippen molar-refractivity contribution in [1.82, 2.24) is 25.6 Å². The van der Waals surface area contributed by atoms with Crippen LogP contribution < -0.4 is 16.4 Å². The molecule has 0 aromatic carbocycles. The Morgan fingerprint density at radius 3 is 2.89 bits per heavy atom. The number of nitrogens with two attached hydrogens (primary N) is 1. The lowest BCUT2D eigenvalue weighted by Gasteiger charge is -2.11. The second-order valence-electron chi connectivity index (χ2n) is 3.75. The lowest BCUT2D eigenvalue weighted by atomic mass is 10.3. The van der Waals surface area contributed by atoms with Gasteiger partial charge in [-0.05, 0) is 13.8 Å². The molecule has 0 saturated carbocycles. The quantitative estimate of drug-likeness (QED) is 0.571. The maximum atomic E-state index is 11.7. The number of aromatic nitrogens is 3. The van der Waals surface area contributed by atoms with Crippen molar-refractivity contribution in [3.8, 4) is 0 Å². The van der Waals surface area contributed by atoms with Crippen LogP contribution in [0.2, 0.25) is 0 Å². The minimum absolute atomic E-state index is 0.166. The Balaban J connectivity index is 2.56. The van der Waals surface area contributed by atoms with E-state index in [0.717, 1.165) is 0 Å². The molecule has 1 aromatic heterocycles. The molecule has 0 aliphatic carbocycles. The van der Waals surface area contributed by atoms with Gasteiger partial charge in [0.1, 0.15) is 6.04 Å². The van der Waals surface area contributed by atoms with Crippen molar-refractivity contribution in [2.45, 2.75) is 26.4 Å². The van der Waals surface area contributed by atoms with Crippen LogP contribution in [0.15, 0.2) is 6.20 Å². The van der Waals surface area contributed by atoms with E-state index >= 15 is 0 Å². The van der Waals surface area contributed by atoms with E-state index in [0.29, 0.717) is 19.6 Å². The summed E-state index contributed by atoms with van der Waals surface area (Å²) in [6, 6.07) is -0.614. The molecule has 100 valence electrons. The predicted molar refractivity (Wildman–Crippen MR) is 64.7 cm³/mol. The molecule has 0 bridgehead atoms. The Kier molecular flexibility index (Phi) is 5.25. The molecule has 1 aromatic rings. The first-order chi connectivity index (χ1) is 8.58. The van der Waals surface area contributed by atoms with Crippen LogP contribution in [0.4, 0.5) is 0 Å². The van der Waals surface area contributed by atoms with Crippen LogP contribution in [0.1, 0.15) is 24.3 Å². The molecule has 2 amide bonds. The summed E-state index contributed by atoms with van der Waals surface area (Å²) in [5, 5.41) is 12.6. The highest BCUT2D eigenvalue weighted by Crippen LogP contribution is 1.94. The first-order valence-corrected chi connectivity index (χ1v) is 5.77. The summed E-state index contributed by atoms with van der Waals surface area (Å²) in [5.41, 5.74) is 5.52. The molecule has 0 aliphatic rings. The Morgan fingerprint density at radius 2 is 2.28 bits per heavy atom. The fraction of sp³-hybridized carbons (Fsp3) is 0.600. The molecule has 1 rings (SSSR count). The molecular weight excluding hydrogens is 236 g/mol. The van der Waals surface area contributed by atoms with Crippen LogP contribution in [0, 0.1) is 0 Å². The van der Waals surface area contributed by atoms with Gasteiger partial charge in [0.25, 0.3) is 5.91 Å². The van der Waals surface area contributed by atoms with E-state index in [1.807, 2.05) is 6.92 Å². The van der Waals surface area contributed by atoms with Crippen LogP contribution in [0.25, 0.3) is 0 Å². The SMILES string of the molecule is CCNC(=O)C(C)NC(=O)c1cn(CCN)nn1. The van der Waals surface area contributed by atoms with E-state index in [1.54, 1.807) is 6.92 Å². The zero-order valence-corrected chi connectivity index (χ0v) is 10.5. The van der Waals surface area contributed by atoms with E-state index < -0.39 is 11.9 Å². The lowest BCUT2D eigenvalue weighted by molar-refractivity contribution is -0.122. The van der Waals surface area contributed by atoms with Gasteiger partial charge in [-0.1, -0.05) is 5.21 Å². The number of carbonyl (C=O) groups is 2. The summed E-state index contributed by atoms with van der Waals surface area (Å²) in [6.07, 6.45) is 1.49. The van der Waals surface area contributed by atoms with Gasteiger partial charge in [-0.3, -0.25) is 14.3 Å². The summed E-state index contributed by atoms with van der Waals surface area (Å²) in [6.45, 7) is 4.84. The number of rotatable bonds is 6. The van der Waals surface area contributed by atoms with Crippen LogP contribution in [-0.4, -0.2) is 45.9 Å². The van der Waals surface area contributed by atoms with Crippen molar-refractivity contribution in [3.63, 3.8) is 0 Å². The van der Waals surface area contributed by atoms with Gasteiger partial charge < -0.3 is 16.4 Å². The number of hydrogen-bond donors (Lipinski definition) is 3. The average Bonchev–Trinajstić information content (AvgIpc) is 2.78. The minimum Gasteiger partial charge on any atom is -0.355 e. The highest BCUT2D eigenvalue weighted by molar-refractivity contribution is 5.95. The topological polar surface area (TPSA) is 115 Å². The maximum Gasteiger partial charge on any atom is 0.274 e. The molecule has 4 N–H and O–H groups in total. The summed E-state index contributed by atoms with van der Waals surface area (Å²) in [7, 11) is 0. The zero-order valence-electron chi connectivity index (χ0n) is 10.5. The third-order valence-electron chi connectivity index (χ3n) is 2.22. The van der Waals surface area contributed by atoms with Gasteiger partial charge in [0.2, 0.25) is 5.91 Å². The molecule has 0 spiro atoms. The molecule has 1 unspecified atom stereocenters. The van der Waals surface area contributed by atoms with Crippen molar-refractivity contribution in [1.29, 1.82) is 0 Å². The Hall–Kier alpha value is -1.96. The smallest absolute Gasteiger partial charge is 0.274 e. The molecule has 8 nitrogen and oxygen atoms in total. The van der Waals surface area contributed by atoms with Gasteiger partial charge in [0.05, 0.1) is 12.7 Å². The zero-order chi connectivity index (χ0) is 13.5. The highest BCUT2D eigenvalue weighted by atomic mass is 16.2. The lowest BCUT2D eigenvalue weighted by Crippen LogP contribution is -2.44. The molecule has 8 heteroatoms. The number of carbonyl (C=O) groups excluding carboxylic acids is 2. The van der Waals surface area contributed by atoms with Crippen molar-refractivity contribution in [3.05, 3.63) is 11.9 Å². The Labute approximate surface area is 105 Å². The van der Waals surface area contributed by atoms with Crippen LogP contribution >= 0.6 is 0 Å². The first kappa shape index (κ1) is 14.1. The van der Waals surface area contributed by atoms with Crippen molar-refractivity contribution >= 4 is 11.8 Å². The third kappa shape index (κ3) is 3.81. The molecule has 0 aliphatic heterocycles. The third-order valence-corrected chi connectivity index (χ3v) is 2.22. The van der Waals surface area contributed by atoms with Gasteiger partial charge in [0, 0.05) is 13.1 Å². The summed E-state index contributed by atoms with van der Waals surface area (Å²) in [4.78, 5) is 23.2. The van der Waals surface area contributed by atoms with Crippen molar-refractivity contribution in [2.24, 2.45) is 5.73 Å². The van der Waals surface area contributed by atoms with E-state index in [4.69, 9.17) is 5.73 Å². The van der Waals surface area contributed by atoms with Gasteiger partial charge in [-0.15, -0.1) is 5.10 Å². The van der Waals surface area contributed by atoms with Gasteiger partial charge in [-0.2, -0.15) is 0 Å². The summed E-state index contributed by atoms with van der Waals surface area (Å²) in [5.74, 6) is -0.669. The monoisotopic (exact) mass is 254 g/mol. The normalized spacial score (nSPS) is 11.9. The van der Waals surface area contributed by atoms with Crippen molar-refractivity contribution < 1.29 is 9.59 Å². The van der Waals surface area contributed by atoms with E-state index in [9.17, 15) is 9.59 Å². The van der Waals surface area contributed by atoms with Gasteiger partial charge in [0.15, 0.2) is 5.69 Å². The Morgan fingerprint density at radius 1 is 1.56 bits per heavy atom.